The third-order valence-corrected chi connectivity index (χ3v) is 3.85. The van der Waals surface area contributed by atoms with Crippen LogP contribution in [0.1, 0.15) is 29.0 Å². The van der Waals surface area contributed by atoms with Gasteiger partial charge in [0.1, 0.15) is 17.3 Å². The predicted molar refractivity (Wildman–Crippen MR) is 90.6 cm³/mol. The van der Waals surface area contributed by atoms with E-state index in [0.29, 0.717) is 11.3 Å². The summed E-state index contributed by atoms with van der Waals surface area (Å²) in [6.07, 6.45) is 0. The number of fused-ring (bicyclic) bond motifs is 1. The van der Waals surface area contributed by atoms with Crippen molar-refractivity contribution in [3.05, 3.63) is 71.7 Å². The van der Waals surface area contributed by atoms with Gasteiger partial charge in [0.15, 0.2) is 0 Å². The lowest BCUT2D eigenvalue weighted by Gasteiger charge is -2.15. The molecule has 3 aromatic rings. The fourth-order valence-electron chi connectivity index (χ4n) is 2.53. The number of hydrogen-bond donors (Lipinski definition) is 1. The van der Waals surface area contributed by atoms with Crippen molar-refractivity contribution in [2.75, 3.05) is 7.11 Å². The minimum atomic E-state index is -0.309. The summed E-state index contributed by atoms with van der Waals surface area (Å²) in [4.78, 5) is 16.9. The SMILES string of the molecule is COc1cc(C(=O)N[C@@H](C)c2ccc(F)cc2)nc2ccccc12. The highest BCUT2D eigenvalue weighted by Crippen LogP contribution is 2.25. The topological polar surface area (TPSA) is 51.2 Å². The first-order valence-corrected chi connectivity index (χ1v) is 7.58. The number of benzene rings is 2. The van der Waals surface area contributed by atoms with Crippen molar-refractivity contribution in [1.82, 2.24) is 10.3 Å². The van der Waals surface area contributed by atoms with Crippen molar-refractivity contribution in [2.45, 2.75) is 13.0 Å². The summed E-state index contributed by atoms with van der Waals surface area (Å²) in [5, 5.41) is 3.72. The summed E-state index contributed by atoms with van der Waals surface area (Å²) >= 11 is 0. The first kappa shape index (κ1) is 15.9. The molecule has 1 heterocycles. The fraction of sp³-hybridized carbons (Fsp3) is 0.158. The lowest BCUT2D eigenvalue weighted by atomic mass is 10.1. The van der Waals surface area contributed by atoms with Crippen LogP contribution < -0.4 is 10.1 Å². The van der Waals surface area contributed by atoms with Crippen LogP contribution in [0.15, 0.2) is 54.6 Å². The molecular formula is C19H17FN2O2. The maximum Gasteiger partial charge on any atom is 0.270 e. The number of hydrogen-bond acceptors (Lipinski definition) is 3. The van der Waals surface area contributed by atoms with Crippen molar-refractivity contribution in [3.8, 4) is 5.75 Å². The number of nitrogens with one attached hydrogen (secondary N) is 1. The summed E-state index contributed by atoms with van der Waals surface area (Å²) in [7, 11) is 1.56. The minimum absolute atomic E-state index is 0.266. The molecule has 0 saturated carbocycles. The lowest BCUT2D eigenvalue weighted by molar-refractivity contribution is 0.0935. The van der Waals surface area contributed by atoms with E-state index in [4.69, 9.17) is 4.74 Å². The van der Waals surface area contributed by atoms with Gasteiger partial charge in [-0.15, -0.1) is 0 Å². The Bertz CT molecular complexity index is 878. The summed E-state index contributed by atoms with van der Waals surface area (Å²) < 4.78 is 18.4. The molecule has 0 spiro atoms. The van der Waals surface area contributed by atoms with E-state index in [0.717, 1.165) is 10.9 Å². The molecule has 24 heavy (non-hydrogen) atoms. The molecule has 0 aliphatic rings. The molecule has 0 radical (unpaired) electrons. The van der Waals surface area contributed by atoms with Crippen LogP contribution in [-0.4, -0.2) is 18.0 Å². The van der Waals surface area contributed by atoms with Gasteiger partial charge in [-0.05, 0) is 36.8 Å². The number of pyridine rings is 1. The number of aromatic nitrogens is 1. The Morgan fingerprint density at radius 3 is 2.58 bits per heavy atom. The third-order valence-electron chi connectivity index (χ3n) is 3.85. The van der Waals surface area contributed by atoms with Gasteiger partial charge >= 0.3 is 0 Å². The third kappa shape index (κ3) is 3.20. The van der Waals surface area contributed by atoms with Crippen molar-refractivity contribution >= 4 is 16.8 Å². The second kappa shape index (κ2) is 6.66. The van der Waals surface area contributed by atoms with E-state index in [1.165, 1.54) is 12.1 Å². The molecule has 1 aromatic heterocycles. The van der Waals surface area contributed by atoms with Gasteiger partial charge in [-0.3, -0.25) is 4.79 Å². The van der Waals surface area contributed by atoms with E-state index in [1.54, 1.807) is 25.3 Å². The Balaban J connectivity index is 1.87. The Labute approximate surface area is 139 Å². The molecule has 0 unspecified atom stereocenters. The Hall–Kier alpha value is -2.95. The highest BCUT2D eigenvalue weighted by Gasteiger charge is 2.15. The zero-order valence-electron chi connectivity index (χ0n) is 13.4. The van der Waals surface area contributed by atoms with Crippen molar-refractivity contribution in [2.24, 2.45) is 0 Å². The number of ether oxygens (including phenoxy) is 1. The summed E-state index contributed by atoms with van der Waals surface area (Å²) in [6, 6.07) is 14.9. The molecule has 5 heteroatoms. The van der Waals surface area contributed by atoms with Crippen molar-refractivity contribution in [1.29, 1.82) is 0 Å². The second-order valence-corrected chi connectivity index (χ2v) is 5.47. The number of halogens is 1. The lowest BCUT2D eigenvalue weighted by Crippen LogP contribution is -2.27. The molecule has 0 saturated heterocycles. The van der Waals surface area contributed by atoms with Gasteiger partial charge in [-0.1, -0.05) is 24.3 Å². The Morgan fingerprint density at radius 1 is 1.17 bits per heavy atom. The summed E-state index contributed by atoms with van der Waals surface area (Å²) in [6.45, 7) is 1.84. The van der Waals surface area contributed by atoms with E-state index in [1.807, 2.05) is 31.2 Å². The van der Waals surface area contributed by atoms with Gasteiger partial charge in [0.05, 0.1) is 18.7 Å². The van der Waals surface area contributed by atoms with Crippen LogP contribution in [0.25, 0.3) is 10.9 Å². The van der Waals surface area contributed by atoms with Gasteiger partial charge in [0.25, 0.3) is 5.91 Å². The van der Waals surface area contributed by atoms with E-state index in [-0.39, 0.29) is 23.5 Å². The average Bonchev–Trinajstić information content (AvgIpc) is 2.61. The molecule has 1 amide bonds. The van der Waals surface area contributed by atoms with Crippen LogP contribution in [0.2, 0.25) is 0 Å². The van der Waals surface area contributed by atoms with E-state index < -0.39 is 0 Å². The minimum Gasteiger partial charge on any atom is -0.496 e. The number of nitrogens with zero attached hydrogens (tertiary/aromatic N) is 1. The molecule has 4 nitrogen and oxygen atoms in total. The van der Waals surface area contributed by atoms with Gasteiger partial charge in [0, 0.05) is 11.5 Å². The highest BCUT2D eigenvalue weighted by atomic mass is 19.1. The Morgan fingerprint density at radius 2 is 1.88 bits per heavy atom. The largest absolute Gasteiger partial charge is 0.496 e. The molecule has 0 fully saturated rings. The monoisotopic (exact) mass is 324 g/mol. The van der Waals surface area contributed by atoms with Gasteiger partial charge in [0.2, 0.25) is 0 Å². The molecule has 3 rings (SSSR count). The Kier molecular flexibility index (Phi) is 4.42. The molecular weight excluding hydrogens is 307 g/mol. The van der Waals surface area contributed by atoms with Crippen molar-refractivity contribution in [3.63, 3.8) is 0 Å². The quantitative estimate of drug-likeness (QED) is 0.792. The fourth-order valence-corrected chi connectivity index (χ4v) is 2.53. The molecule has 0 bridgehead atoms. The number of carbonyl (C=O) groups is 1. The number of carbonyl (C=O) groups excluding carboxylic acids is 1. The highest BCUT2D eigenvalue weighted by molar-refractivity contribution is 5.97. The average molecular weight is 324 g/mol. The first-order valence-electron chi connectivity index (χ1n) is 7.58. The molecule has 0 aliphatic heterocycles. The van der Waals surface area contributed by atoms with Gasteiger partial charge in [-0.25, -0.2) is 9.37 Å². The first-order chi connectivity index (χ1) is 11.6. The van der Waals surface area contributed by atoms with Crippen LogP contribution in [0, 0.1) is 5.82 Å². The van der Waals surface area contributed by atoms with Crippen LogP contribution in [0.4, 0.5) is 4.39 Å². The molecule has 1 atom stereocenters. The van der Waals surface area contributed by atoms with E-state index >= 15 is 0 Å². The smallest absolute Gasteiger partial charge is 0.270 e. The standard InChI is InChI=1S/C19H17FN2O2/c1-12(13-7-9-14(20)10-8-13)21-19(23)17-11-18(24-2)15-5-3-4-6-16(15)22-17/h3-12H,1-2H3,(H,21,23)/t12-/m0/s1. The summed E-state index contributed by atoms with van der Waals surface area (Å²) in [5.74, 6) is -0.0192. The summed E-state index contributed by atoms with van der Waals surface area (Å²) in [5.41, 5.74) is 1.79. The van der Waals surface area contributed by atoms with Crippen molar-refractivity contribution < 1.29 is 13.9 Å². The molecule has 1 N–H and O–H groups in total. The predicted octanol–water partition coefficient (Wildman–Crippen LogP) is 3.87. The molecule has 2 aromatic carbocycles. The zero-order chi connectivity index (χ0) is 17.1. The second-order valence-electron chi connectivity index (χ2n) is 5.47. The maximum atomic E-state index is 13.0. The maximum absolute atomic E-state index is 13.0. The number of rotatable bonds is 4. The normalized spacial score (nSPS) is 12.0. The number of amides is 1. The zero-order valence-corrected chi connectivity index (χ0v) is 13.4. The van der Waals surface area contributed by atoms with Gasteiger partial charge < -0.3 is 10.1 Å². The van der Waals surface area contributed by atoms with Crippen LogP contribution >= 0.6 is 0 Å². The molecule has 0 aliphatic carbocycles. The van der Waals surface area contributed by atoms with Crippen LogP contribution in [-0.2, 0) is 0 Å². The number of methoxy groups -OCH3 is 1. The molecule has 122 valence electrons. The van der Waals surface area contributed by atoms with Crippen LogP contribution in [0.3, 0.4) is 0 Å². The van der Waals surface area contributed by atoms with Gasteiger partial charge in [-0.2, -0.15) is 0 Å². The van der Waals surface area contributed by atoms with E-state index in [9.17, 15) is 9.18 Å². The van der Waals surface area contributed by atoms with E-state index in [2.05, 4.69) is 10.3 Å². The number of para-hydroxylation sites is 1. The van der Waals surface area contributed by atoms with Crippen LogP contribution in [0.5, 0.6) is 5.75 Å².